The summed E-state index contributed by atoms with van der Waals surface area (Å²) in [5.41, 5.74) is 0.741. The number of piperidine rings is 1. The molecule has 0 atom stereocenters. The monoisotopic (exact) mass is 450 g/mol. The van der Waals surface area contributed by atoms with Gasteiger partial charge in [0, 0.05) is 24.8 Å². The van der Waals surface area contributed by atoms with E-state index in [2.05, 4.69) is 5.32 Å². The van der Waals surface area contributed by atoms with E-state index in [1.807, 2.05) is 0 Å². The molecule has 0 radical (unpaired) electrons. The Hall–Kier alpha value is -2.69. The van der Waals surface area contributed by atoms with E-state index < -0.39 is 27.9 Å². The molecule has 0 spiro atoms. The van der Waals surface area contributed by atoms with Crippen molar-refractivity contribution in [2.75, 3.05) is 31.6 Å². The van der Waals surface area contributed by atoms with Crippen LogP contribution in [0, 0.1) is 12.7 Å². The Morgan fingerprint density at radius 1 is 1.16 bits per heavy atom. The average molecular weight is 450 g/mol. The van der Waals surface area contributed by atoms with Gasteiger partial charge in [0.25, 0.3) is 5.91 Å². The van der Waals surface area contributed by atoms with Crippen molar-refractivity contribution in [1.29, 1.82) is 0 Å². The van der Waals surface area contributed by atoms with E-state index in [0.717, 1.165) is 0 Å². The average Bonchev–Trinajstić information content (AvgIpc) is 2.75. The predicted octanol–water partition coefficient (Wildman–Crippen LogP) is 2.30. The van der Waals surface area contributed by atoms with E-state index in [1.54, 1.807) is 6.92 Å². The minimum atomic E-state index is -3.90. The van der Waals surface area contributed by atoms with Gasteiger partial charge < -0.3 is 19.9 Å². The van der Waals surface area contributed by atoms with Gasteiger partial charge in [-0.3, -0.25) is 4.79 Å². The highest BCUT2D eigenvalue weighted by Gasteiger charge is 2.32. The number of fused-ring (bicyclic) bond motifs is 1. The predicted molar refractivity (Wildman–Crippen MR) is 111 cm³/mol. The first kappa shape index (κ1) is 21.5. The first-order chi connectivity index (χ1) is 14.8. The van der Waals surface area contributed by atoms with Crippen LogP contribution in [0.1, 0.15) is 28.8 Å². The first-order valence-corrected chi connectivity index (χ1v) is 11.4. The highest BCUT2D eigenvalue weighted by molar-refractivity contribution is 7.89. The maximum atomic E-state index is 13.5. The molecule has 0 unspecified atom stereocenters. The van der Waals surface area contributed by atoms with E-state index in [0.29, 0.717) is 24.1 Å². The third-order valence-corrected chi connectivity index (χ3v) is 7.21. The van der Waals surface area contributed by atoms with Gasteiger partial charge in [0.1, 0.15) is 19.0 Å². The van der Waals surface area contributed by atoms with Crippen molar-refractivity contribution in [3.05, 3.63) is 47.3 Å². The standard InChI is InChI=1S/C21H23FN2O6S/c1-13-10-14(2-3-18(13)22)23-21(26)17-11-16(12-19-20(17)30-9-8-29-19)31(27,28)24-6-4-15(25)5-7-24/h2-3,10-12,15,25H,4-9H2,1H3,(H,23,26). The Morgan fingerprint density at radius 2 is 1.87 bits per heavy atom. The number of aliphatic hydroxyl groups excluding tert-OH is 1. The van der Waals surface area contributed by atoms with Gasteiger partial charge in [-0.05, 0) is 49.6 Å². The zero-order chi connectivity index (χ0) is 22.2. The van der Waals surface area contributed by atoms with Gasteiger partial charge in [0.15, 0.2) is 11.5 Å². The van der Waals surface area contributed by atoms with Crippen LogP contribution in [-0.2, 0) is 10.0 Å². The summed E-state index contributed by atoms with van der Waals surface area (Å²) in [5.74, 6) is -0.661. The Kier molecular flexibility index (Phi) is 5.87. The van der Waals surface area contributed by atoms with Gasteiger partial charge in [-0.2, -0.15) is 4.31 Å². The van der Waals surface area contributed by atoms with Crippen molar-refractivity contribution in [2.45, 2.75) is 30.8 Å². The second kappa shape index (κ2) is 8.45. The van der Waals surface area contributed by atoms with Gasteiger partial charge in [0.2, 0.25) is 10.0 Å². The summed E-state index contributed by atoms with van der Waals surface area (Å²) >= 11 is 0. The highest BCUT2D eigenvalue weighted by Crippen LogP contribution is 2.38. The third-order valence-electron chi connectivity index (χ3n) is 5.34. The molecule has 2 aromatic rings. The number of halogens is 1. The number of hydrogen-bond acceptors (Lipinski definition) is 6. The Bertz CT molecular complexity index is 1110. The van der Waals surface area contributed by atoms with Crippen LogP contribution < -0.4 is 14.8 Å². The Labute approximate surface area is 179 Å². The minimum absolute atomic E-state index is 0.00907. The minimum Gasteiger partial charge on any atom is -0.486 e. The van der Waals surface area contributed by atoms with Crippen molar-refractivity contribution in [3.8, 4) is 11.5 Å². The number of anilines is 1. The van der Waals surface area contributed by atoms with Gasteiger partial charge in [-0.1, -0.05) is 0 Å². The van der Waals surface area contributed by atoms with E-state index in [1.165, 1.54) is 34.6 Å². The molecule has 31 heavy (non-hydrogen) atoms. The number of nitrogens with one attached hydrogen (secondary N) is 1. The number of aliphatic hydroxyl groups is 1. The Balaban J connectivity index is 1.70. The molecule has 0 aromatic heterocycles. The van der Waals surface area contributed by atoms with Crippen LogP contribution in [-0.4, -0.2) is 56.1 Å². The topological polar surface area (TPSA) is 105 Å². The summed E-state index contributed by atoms with van der Waals surface area (Å²) in [6, 6.07) is 6.76. The maximum absolute atomic E-state index is 13.5. The summed E-state index contributed by atoms with van der Waals surface area (Å²) in [4.78, 5) is 12.9. The van der Waals surface area contributed by atoms with Crippen LogP contribution >= 0.6 is 0 Å². The second-order valence-corrected chi connectivity index (χ2v) is 9.49. The number of benzene rings is 2. The number of hydrogen-bond donors (Lipinski definition) is 2. The van der Waals surface area contributed by atoms with Crippen molar-refractivity contribution < 1.29 is 32.2 Å². The van der Waals surface area contributed by atoms with Gasteiger partial charge in [-0.15, -0.1) is 0 Å². The third kappa shape index (κ3) is 4.36. The molecule has 1 saturated heterocycles. The number of nitrogens with zero attached hydrogens (tertiary/aromatic N) is 1. The molecule has 0 aliphatic carbocycles. The fourth-order valence-corrected chi connectivity index (χ4v) is 5.11. The largest absolute Gasteiger partial charge is 0.486 e. The molecule has 2 aromatic carbocycles. The zero-order valence-electron chi connectivity index (χ0n) is 16.9. The maximum Gasteiger partial charge on any atom is 0.259 e. The molecule has 2 heterocycles. The highest BCUT2D eigenvalue weighted by atomic mass is 32.2. The number of ether oxygens (including phenoxy) is 2. The van der Waals surface area contributed by atoms with Crippen LogP contribution in [0.15, 0.2) is 35.2 Å². The lowest BCUT2D eigenvalue weighted by atomic mass is 10.1. The zero-order valence-corrected chi connectivity index (χ0v) is 17.7. The molecular formula is C21H23FN2O6S. The fourth-order valence-electron chi connectivity index (χ4n) is 3.60. The van der Waals surface area contributed by atoms with Crippen LogP contribution in [0.4, 0.5) is 10.1 Å². The van der Waals surface area contributed by atoms with Crippen molar-refractivity contribution in [3.63, 3.8) is 0 Å². The van der Waals surface area contributed by atoms with Crippen molar-refractivity contribution in [1.82, 2.24) is 4.31 Å². The van der Waals surface area contributed by atoms with E-state index >= 15 is 0 Å². The second-order valence-electron chi connectivity index (χ2n) is 7.55. The van der Waals surface area contributed by atoms with E-state index in [9.17, 15) is 22.7 Å². The molecule has 1 amide bonds. The van der Waals surface area contributed by atoms with Gasteiger partial charge in [0.05, 0.1) is 16.6 Å². The summed E-state index contributed by atoms with van der Waals surface area (Å²) in [5, 5.41) is 12.3. The number of aryl methyl sites for hydroxylation is 1. The molecule has 0 saturated carbocycles. The van der Waals surface area contributed by atoms with Crippen LogP contribution in [0.3, 0.4) is 0 Å². The summed E-state index contributed by atoms with van der Waals surface area (Å²) in [7, 11) is -3.90. The van der Waals surface area contributed by atoms with E-state index in [-0.39, 0.29) is 48.3 Å². The lowest BCUT2D eigenvalue weighted by Gasteiger charge is -2.29. The first-order valence-electron chi connectivity index (χ1n) is 9.95. The summed E-state index contributed by atoms with van der Waals surface area (Å²) in [6.07, 6.45) is 0.175. The molecule has 8 nitrogen and oxygen atoms in total. The van der Waals surface area contributed by atoms with Crippen LogP contribution in [0.2, 0.25) is 0 Å². The number of amides is 1. The fraction of sp³-hybridized carbons (Fsp3) is 0.381. The van der Waals surface area contributed by atoms with Crippen molar-refractivity contribution in [2.24, 2.45) is 0 Å². The molecule has 0 bridgehead atoms. The molecular weight excluding hydrogens is 427 g/mol. The molecule has 2 aliphatic rings. The number of carbonyl (C=O) groups excluding carboxylic acids is 1. The molecule has 4 rings (SSSR count). The number of carbonyl (C=O) groups is 1. The van der Waals surface area contributed by atoms with Crippen LogP contribution in [0.5, 0.6) is 11.5 Å². The molecule has 2 aliphatic heterocycles. The lowest BCUT2D eigenvalue weighted by Crippen LogP contribution is -2.40. The molecule has 1 fully saturated rings. The van der Waals surface area contributed by atoms with Crippen molar-refractivity contribution >= 4 is 21.6 Å². The SMILES string of the molecule is Cc1cc(NC(=O)c2cc(S(=O)(=O)N3CCC(O)CC3)cc3c2OCCO3)ccc1F. The molecule has 2 N–H and O–H groups in total. The Morgan fingerprint density at radius 3 is 2.58 bits per heavy atom. The van der Waals surface area contributed by atoms with Crippen LogP contribution in [0.25, 0.3) is 0 Å². The van der Waals surface area contributed by atoms with Gasteiger partial charge in [-0.25, -0.2) is 12.8 Å². The van der Waals surface area contributed by atoms with E-state index in [4.69, 9.17) is 9.47 Å². The normalized spacial score (nSPS) is 17.4. The lowest BCUT2D eigenvalue weighted by molar-refractivity contribution is 0.101. The summed E-state index contributed by atoms with van der Waals surface area (Å²) < 4.78 is 52.3. The number of sulfonamides is 1. The molecule has 166 valence electrons. The van der Waals surface area contributed by atoms with Gasteiger partial charge >= 0.3 is 0 Å². The quantitative estimate of drug-likeness (QED) is 0.741. The number of rotatable bonds is 4. The molecule has 10 heteroatoms. The summed E-state index contributed by atoms with van der Waals surface area (Å²) in [6.45, 7) is 2.40. The smallest absolute Gasteiger partial charge is 0.259 e.